The molecule has 2 aromatic carbocycles. The lowest BCUT2D eigenvalue weighted by Crippen LogP contribution is -2.45. The van der Waals surface area contributed by atoms with Crippen LogP contribution in [0.2, 0.25) is 0 Å². The highest BCUT2D eigenvalue weighted by Crippen LogP contribution is 2.32. The van der Waals surface area contributed by atoms with E-state index in [2.05, 4.69) is 43.4 Å². The first-order valence-corrected chi connectivity index (χ1v) is 12.4. The highest BCUT2D eigenvalue weighted by molar-refractivity contribution is 5.67. The lowest BCUT2D eigenvalue weighted by atomic mass is 9.88. The second-order valence-corrected chi connectivity index (χ2v) is 10.3. The molecule has 0 amide bonds. The number of aliphatic hydroxyl groups excluding tert-OH is 1. The summed E-state index contributed by atoms with van der Waals surface area (Å²) in [5.74, 6) is -2.47. The van der Waals surface area contributed by atoms with Gasteiger partial charge in [-0.15, -0.1) is 0 Å². The van der Waals surface area contributed by atoms with Gasteiger partial charge in [0.25, 0.3) is 0 Å². The molecule has 0 radical (unpaired) electrons. The molecule has 0 fully saturated rings. The van der Waals surface area contributed by atoms with E-state index in [9.17, 15) is 18.7 Å². The fraction of sp³-hybridized carbons (Fsp3) is 0.536. The molecule has 2 atom stereocenters. The smallest absolute Gasteiger partial charge is 0.303 e. The summed E-state index contributed by atoms with van der Waals surface area (Å²) in [7, 11) is 0. The predicted octanol–water partition coefficient (Wildman–Crippen LogP) is 4.98. The molecule has 0 aromatic heterocycles. The van der Waals surface area contributed by atoms with Crippen molar-refractivity contribution in [3.05, 3.63) is 70.3 Å². The minimum absolute atomic E-state index is 0.0216. The third-order valence-corrected chi connectivity index (χ3v) is 6.75. The Morgan fingerprint density at radius 2 is 1.80 bits per heavy atom. The second kappa shape index (κ2) is 12.1. The minimum atomic E-state index is -1.01. The average Bonchev–Trinajstić information content (AvgIpc) is 3.20. The summed E-state index contributed by atoms with van der Waals surface area (Å²) in [5, 5.41) is 23.0. The molecule has 1 aliphatic rings. The summed E-state index contributed by atoms with van der Waals surface area (Å²) in [4.78, 5) is 11.0. The molecule has 0 unspecified atom stereocenters. The van der Waals surface area contributed by atoms with E-state index in [-0.39, 0.29) is 25.0 Å². The van der Waals surface area contributed by atoms with Crippen LogP contribution in [0.25, 0.3) is 0 Å². The molecule has 1 aliphatic carbocycles. The first kappa shape index (κ1) is 27.2. The van der Waals surface area contributed by atoms with Crippen LogP contribution in [0.1, 0.15) is 68.4 Å². The van der Waals surface area contributed by atoms with Gasteiger partial charge in [0.05, 0.1) is 18.8 Å². The van der Waals surface area contributed by atoms with Crippen LogP contribution in [0.4, 0.5) is 8.78 Å². The zero-order valence-corrected chi connectivity index (χ0v) is 20.8. The van der Waals surface area contributed by atoms with Gasteiger partial charge in [-0.3, -0.25) is 4.79 Å². The van der Waals surface area contributed by atoms with E-state index in [1.165, 1.54) is 11.1 Å². The second-order valence-electron chi connectivity index (χ2n) is 10.3. The van der Waals surface area contributed by atoms with Crippen molar-refractivity contribution < 1.29 is 28.5 Å². The molecule has 0 aliphatic heterocycles. The molecule has 3 rings (SSSR count). The lowest BCUT2D eigenvalue weighted by molar-refractivity contribution is -0.136. The number of carbonyl (C=O) groups is 1. The summed E-state index contributed by atoms with van der Waals surface area (Å²) in [6, 6.07) is 10.7. The van der Waals surface area contributed by atoms with Crippen molar-refractivity contribution in [2.24, 2.45) is 5.92 Å². The molecule has 0 bridgehead atoms. The Morgan fingerprint density at radius 3 is 2.40 bits per heavy atom. The number of carboxylic acids is 1. The number of halogens is 2. The fourth-order valence-electron chi connectivity index (χ4n) is 5.06. The molecule has 0 heterocycles. The van der Waals surface area contributed by atoms with Crippen LogP contribution in [0, 0.1) is 17.6 Å². The Hall–Kier alpha value is -2.35. The van der Waals surface area contributed by atoms with Crippen LogP contribution in [-0.4, -0.2) is 41.0 Å². The van der Waals surface area contributed by atoms with Crippen molar-refractivity contribution in [1.82, 2.24) is 5.32 Å². The van der Waals surface area contributed by atoms with E-state index in [0.717, 1.165) is 31.4 Å². The Kier molecular flexibility index (Phi) is 9.39. The van der Waals surface area contributed by atoms with Gasteiger partial charge in [0.2, 0.25) is 0 Å². The number of hydrogen-bond donors (Lipinski definition) is 3. The topological polar surface area (TPSA) is 78.8 Å². The largest absolute Gasteiger partial charge is 0.481 e. The summed E-state index contributed by atoms with van der Waals surface area (Å²) in [6.07, 6.45) is 2.12. The molecule has 192 valence electrons. The molecule has 35 heavy (non-hydrogen) atoms. The van der Waals surface area contributed by atoms with Gasteiger partial charge in [0.15, 0.2) is 11.6 Å². The Morgan fingerprint density at radius 1 is 1.17 bits per heavy atom. The number of benzene rings is 2. The van der Waals surface area contributed by atoms with Crippen molar-refractivity contribution in [2.45, 2.75) is 77.0 Å². The number of fused-ring (bicyclic) bond motifs is 1. The molecular weight excluding hydrogens is 452 g/mol. The third kappa shape index (κ3) is 7.82. The molecule has 5 nitrogen and oxygen atoms in total. The van der Waals surface area contributed by atoms with Crippen LogP contribution >= 0.6 is 0 Å². The van der Waals surface area contributed by atoms with Crippen LogP contribution in [0.15, 0.2) is 36.4 Å². The number of β-amino-alcohol motifs (C(OH)–C–C–N with tert-alkyl or cyclic N) is 1. The van der Waals surface area contributed by atoms with E-state index in [1.807, 2.05) is 6.92 Å². The van der Waals surface area contributed by atoms with Gasteiger partial charge in [-0.05, 0) is 86.3 Å². The number of nitrogens with one attached hydrogen (secondary N) is 1. The first-order chi connectivity index (χ1) is 16.6. The maximum atomic E-state index is 14.0. The van der Waals surface area contributed by atoms with Crippen LogP contribution < -0.4 is 5.32 Å². The number of rotatable bonds is 13. The Labute approximate surface area is 206 Å². The molecule has 0 saturated carbocycles. The molecule has 0 saturated heterocycles. The number of aliphatic carboxylic acids is 1. The quantitative estimate of drug-likeness (QED) is 0.370. The predicted molar refractivity (Wildman–Crippen MR) is 131 cm³/mol. The Balaban J connectivity index is 1.52. The summed E-state index contributed by atoms with van der Waals surface area (Å²) >= 11 is 0. The number of carboxylic acid groups (broad SMARTS) is 1. The maximum Gasteiger partial charge on any atom is 0.303 e. The Bertz CT molecular complexity index is 985. The number of ether oxygens (including phenoxy) is 1. The van der Waals surface area contributed by atoms with Crippen molar-refractivity contribution in [3.63, 3.8) is 0 Å². The number of aliphatic hydroxyl groups is 1. The number of hydrogen-bond acceptors (Lipinski definition) is 4. The van der Waals surface area contributed by atoms with Gasteiger partial charge in [-0.25, -0.2) is 8.78 Å². The van der Waals surface area contributed by atoms with E-state index >= 15 is 0 Å². The molecule has 3 N–H and O–H groups in total. The van der Waals surface area contributed by atoms with Crippen LogP contribution in [-0.2, 0) is 28.8 Å². The first-order valence-electron chi connectivity index (χ1n) is 12.4. The molecule has 0 spiro atoms. The SMILES string of the molecule is CC[C@@H](OC[C@H](O)CNC(C)(C)CC1Cc2ccccc2C1)c1cc(F)c(F)cc1CCC(=O)O. The monoisotopic (exact) mass is 489 g/mol. The third-order valence-electron chi connectivity index (χ3n) is 6.75. The van der Waals surface area contributed by atoms with Crippen LogP contribution in [0.5, 0.6) is 0 Å². The minimum Gasteiger partial charge on any atom is -0.481 e. The van der Waals surface area contributed by atoms with Crippen molar-refractivity contribution in [3.8, 4) is 0 Å². The van der Waals surface area contributed by atoms with E-state index < -0.39 is 29.8 Å². The van der Waals surface area contributed by atoms with Crippen molar-refractivity contribution >= 4 is 5.97 Å². The average molecular weight is 490 g/mol. The van der Waals surface area contributed by atoms with E-state index in [1.54, 1.807) is 0 Å². The summed E-state index contributed by atoms with van der Waals surface area (Å²) in [5.41, 5.74) is 3.51. The van der Waals surface area contributed by atoms with Gasteiger partial charge in [-0.2, -0.15) is 0 Å². The van der Waals surface area contributed by atoms with Crippen molar-refractivity contribution in [2.75, 3.05) is 13.2 Å². The van der Waals surface area contributed by atoms with Gasteiger partial charge in [0.1, 0.15) is 0 Å². The van der Waals surface area contributed by atoms with E-state index in [4.69, 9.17) is 9.84 Å². The van der Waals surface area contributed by atoms with Gasteiger partial charge >= 0.3 is 5.97 Å². The normalized spacial score (nSPS) is 15.7. The lowest BCUT2D eigenvalue weighted by Gasteiger charge is -2.31. The van der Waals surface area contributed by atoms with Gasteiger partial charge in [-0.1, -0.05) is 31.2 Å². The number of aryl methyl sites for hydroxylation is 1. The highest BCUT2D eigenvalue weighted by atomic mass is 19.2. The van der Waals surface area contributed by atoms with Crippen LogP contribution in [0.3, 0.4) is 0 Å². The highest BCUT2D eigenvalue weighted by Gasteiger charge is 2.28. The van der Waals surface area contributed by atoms with Crippen molar-refractivity contribution in [1.29, 1.82) is 0 Å². The summed E-state index contributed by atoms with van der Waals surface area (Å²) < 4.78 is 33.6. The standard InChI is InChI=1S/C28H37F2NO4/c1-4-26(23-14-25(30)24(29)13-21(23)9-10-27(33)34)35-17-22(32)16-31-28(2,3)15-18-11-19-7-5-6-8-20(19)12-18/h5-8,13-14,18,22,26,31-32H,4,9-12,15-17H2,1-3H3,(H,33,34)/t22-,26-/m1/s1. The maximum absolute atomic E-state index is 14.0. The van der Waals surface area contributed by atoms with Gasteiger partial charge in [0, 0.05) is 18.5 Å². The van der Waals surface area contributed by atoms with Gasteiger partial charge < -0.3 is 20.3 Å². The molecule has 2 aromatic rings. The summed E-state index contributed by atoms with van der Waals surface area (Å²) in [6.45, 7) is 6.48. The van der Waals surface area contributed by atoms with E-state index in [0.29, 0.717) is 30.0 Å². The molecule has 7 heteroatoms. The zero-order valence-electron chi connectivity index (χ0n) is 20.8. The zero-order chi connectivity index (χ0) is 25.6. The fourth-order valence-corrected chi connectivity index (χ4v) is 5.06. The molecular formula is C28H37F2NO4.